The minimum Gasteiger partial charge on any atom is -0.394 e. The van der Waals surface area contributed by atoms with Gasteiger partial charge in [-0.1, -0.05) is 6.07 Å². The number of nitrogens with one attached hydrogen (secondary N) is 1. The van der Waals surface area contributed by atoms with Gasteiger partial charge in [-0.15, -0.1) is 0 Å². The summed E-state index contributed by atoms with van der Waals surface area (Å²) in [6, 6.07) is 2.86. The molecule has 3 N–H and O–H groups in total. The molecule has 0 aliphatic rings. The Bertz CT molecular complexity index is 509. The monoisotopic (exact) mass is 324 g/mol. The molecule has 0 spiro atoms. The van der Waals surface area contributed by atoms with Gasteiger partial charge in [-0.2, -0.15) is 0 Å². The fourth-order valence-electron chi connectivity index (χ4n) is 1.56. The van der Waals surface area contributed by atoms with Crippen molar-refractivity contribution in [3.05, 3.63) is 47.0 Å². The maximum Gasteiger partial charge on any atom is 0.223 e. The van der Waals surface area contributed by atoms with Gasteiger partial charge in [-0.25, -0.2) is 9.97 Å². The first kappa shape index (κ1) is 13.9. The molecule has 7 heteroatoms. The summed E-state index contributed by atoms with van der Waals surface area (Å²) < 4.78 is 0.756. The average molecular weight is 325 g/mol. The SMILES string of the molecule is OC[C@H](Nc1ncc(Br)cn1)[C@H](O)c1cccnc1. The highest BCUT2D eigenvalue weighted by Gasteiger charge is 2.21. The number of aliphatic hydroxyl groups is 2. The van der Waals surface area contributed by atoms with Crippen molar-refractivity contribution in [2.24, 2.45) is 0 Å². The minimum absolute atomic E-state index is 0.254. The van der Waals surface area contributed by atoms with Gasteiger partial charge in [0.25, 0.3) is 0 Å². The van der Waals surface area contributed by atoms with Gasteiger partial charge in [-0.3, -0.25) is 4.98 Å². The van der Waals surface area contributed by atoms with Crippen LogP contribution in [0.15, 0.2) is 41.4 Å². The van der Waals surface area contributed by atoms with E-state index in [4.69, 9.17) is 0 Å². The fourth-order valence-corrected chi connectivity index (χ4v) is 1.77. The van der Waals surface area contributed by atoms with E-state index in [-0.39, 0.29) is 6.61 Å². The maximum atomic E-state index is 10.2. The van der Waals surface area contributed by atoms with Crippen molar-refractivity contribution in [2.75, 3.05) is 11.9 Å². The van der Waals surface area contributed by atoms with Crippen LogP contribution in [-0.4, -0.2) is 37.8 Å². The second-order valence-corrected chi connectivity index (χ2v) is 4.81. The number of rotatable bonds is 5. The standard InChI is InChI=1S/C12H13BrN4O2/c13-9-5-15-12(16-6-9)17-10(7-18)11(19)8-2-1-3-14-4-8/h1-6,10-11,18-19H,7H2,(H,15,16,17)/t10-,11+/m0/s1. The van der Waals surface area contributed by atoms with Crippen molar-refractivity contribution in [3.63, 3.8) is 0 Å². The van der Waals surface area contributed by atoms with Gasteiger partial charge in [0, 0.05) is 30.4 Å². The highest BCUT2D eigenvalue weighted by Crippen LogP contribution is 2.18. The first-order valence-corrected chi connectivity index (χ1v) is 6.43. The van der Waals surface area contributed by atoms with Crippen LogP contribution in [-0.2, 0) is 0 Å². The summed E-state index contributed by atoms with van der Waals surface area (Å²) in [4.78, 5) is 12.0. The van der Waals surface area contributed by atoms with Crippen LogP contribution < -0.4 is 5.32 Å². The van der Waals surface area contributed by atoms with Crippen LogP contribution in [0.1, 0.15) is 11.7 Å². The first-order valence-electron chi connectivity index (χ1n) is 5.63. The highest BCUT2D eigenvalue weighted by atomic mass is 79.9. The van der Waals surface area contributed by atoms with Gasteiger partial charge >= 0.3 is 0 Å². The number of pyridine rings is 1. The van der Waals surface area contributed by atoms with Crippen molar-refractivity contribution in [3.8, 4) is 0 Å². The van der Waals surface area contributed by atoms with Crippen molar-refractivity contribution < 1.29 is 10.2 Å². The highest BCUT2D eigenvalue weighted by molar-refractivity contribution is 9.10. The molecule has 2 heterocycles. The summed E-state index contributed by atoms with van der Waals surface area (Å²) in [5.74, 6) is 0.338. The molecule has 0 aliphatic heterocycles. The molecule has 100 valence electrons. The molecule has 0 bridgehead atoms. The van der Waals surface area contributed by atoms with Crippen LogP contribution in [0.4, 0.5) is 5.95 Å². The Labute approximate surface area is 118 Å². The maximum absolute atomic E-state index is 10.2. The van der Waals surface area contributed by atoms with Crippen LogP contribution in [0.3, 0.4) is 0 Å². The summed E-state index contributed by atoms with van der Waals surface area (Å²) in [5, 5.41) is 22.4. The summed E-state index contributed by atoms with van der Waals surface area (Å²) in [6.07, 6.45) is 5.44. The van der Waals surface area contributed by atoms with Crippen LogP contribution in [0.2, 0.25) is 0 Å². The van der Waals surface area contributed by atoms with E-state index in [1.165, 1.54) is 0 Å². The van der Waals surface area contributed by atoms with Crippen molar-refractivity contribution >= 4 is 21.9 Å². The number of hydrogen-bond donors (Lipinski definition) is 3. The second-order valence-electron chi connectivity index (χ2n) is 3.89. The third-order valence-corrected chi connectivity index (χ3v) is 2.95. The summed E-state index contributed by atoms with van der Waals surface area (Å²) in [6.45, 7) is -0.254. The van der Waals surface area contributed by atoms with Crippen molar-refractivity contribution in [1.82, 2.24) is 15.0 Å². The Hall–Kier alpha value is -1.57. The minimum atomic E-state index is -0.897. The molecule has 0 fully saturated rings. The molecule has 0 unspecified atom stereocenters. The predicted molar refractivity (Wildman–Crippen MR) is 73.4 cm³/mol. The zero-order valence-corrected chi connectivity index (χ0v) is 11.5. The Morgan fingerprint density at radius 2 is 2.00 bits per heavy atom. The van der Waals surface area contributed by atoms with Crippen LogP contribution >= 0.6 is 15.9 Å². The van der Waals surface area contributed by atoms with Crippen molar-refractivity contribution in [1.29, 1.82) is 0 Å². The third-order valence-electron chi connectivity index (χ3n) is 2.54. The van der Waals surface area contributed by atoms with Crippen molar-refractivity contribution in [2.45, 2.75) is 12.1 Å². The molecule has 2 atom stereocenters. The first-order chi connectivity index (χ1) is 9.20. The topological polar surface area (TPSA) is 91.2 Å². The van der Waals surface area contributed by atoms with E-state index in [9.17, 15) is 10.2 Å². The lowest BCUT2D eigenvalue weighted by molar-refractivity contribution is 0.118. The largest absolute Gasteiger partial charge is 0.394 e. The van der Waals surface area contributed by atoms with E-state index >= 15 is 0 Å². The van der Waals surface area contributed by atoms with E-state index in [0.717, 1.165) is 4.47 Å². The lowest BCUT2D eigenvalue weighted by atomic mass is 10.1. The number of anilines is 1. The molecule has 2 rings (SSSR count). The molecule has 0 aromatic carbocycles. The van der Waals surface area contributed by atoms with Gasteiger partial charge in [0.15, 0.2) is 0 Å². The molecule has 2 aromatic rings. The van der Waals surface area contributed by atoms with E-state index in [1.807, 2.05) is 0 Å². The van der Waals surface area contributed by atoms with Gasteiger partial charge in [-0.05, 0) is 22.0 Å². The quantitative estimate of drug-likeness (QED) is 0.764. The molecule has 19 heavy (non-hydrogen) atoms. The molecule has 0 saturated heterocycles. The van der Waals surface area contributed by atoms with Gasteiger partial charge in [0.1, 0.15) is 6.10 Å². The fraction of sp³-hybridized carbons (Fsp3) is 0.250. The van der Waals surface area contributed by atoms with Crippen LogP contribution in [0.5, 0.6) is 0 Å². The average Bonchev–Trinajstić information content (AvgIpc) is 2.47. The number of hydrogen-bond acceptors (Lipinski definition) is 6. The van der Waals surface area contributed by atoms with E-state index < -0.39 is 12.1 Å². The Balaban J connectivity index is 2.10. The third kappa shape index (κ3) is 3.69. The van der Waals surface area contributed by atoms with Crippen LogP contribution in [0, 0.1) is 0 Å². The van der Waals surface area contributed by atoms with Crippen LogP contribution in [0.25, 0.3) is 0 Å². The molecule has 0 radical (unpaired) electrons. The van der Waals surface area contributed by atoms with Gasteiger partial charge in [0.2, 0.25) is 5.95 Å². The lowest BCUT2D eigenvalue weighted by Crippen LogP contribution is -2.32. The zero-order chi connectivity index (χ0) is 13.7. The number of nitrogens with zero attached hydrogens (tertiary/aromatic N) is 3. The predicted octanol–water partition coefficient (Wildman–Crippen LogP) is 1.14. The van der Waals surface area contributed by atoms with Gasteiger partial charge in [0.05, 0.1) is 17.1 Å². The lowest BCUT2D eigenvalue weighted by Gasteiger charge is -2.22. The Kier molecular flexibility index (Phi) is 4.78. The second kappa shape index (κ2) is 6.55. The number of aliphatic hydroxyl groups excluding tert-OH is 2. The molecule has 0 amide bonds. The van der Waals surface area contributed by atoms with E-state index in [0.29, 0.717) is 11.5 Å². The molecular formula is C12H13BrN4O2. The Morgan fingerprint density at radius 1 is 1.26 bits per heavy atom. The number of aromatic nitrogens is 3. The zero-order valence-electron chi connectivity index (χ0n) is 9.94. The Morgan fingerprint density at radius 3 is 2.58 bits per heavy atom. The van der Waals surface area contributed by atoms with E-state index in [2.05, 4.69) is 36.2 Å². The summed E-state index contributed by atoms with van der Waals surface area (Å²) in [5.41, 5.74) is 0.617. The summed E-state index contributed by atoms with van der Waals surface area (Å²) >= 11 is 3.23. The molecular weight excluding hydrogens is 312 g/mol. The molecule has 0 saturated carbocycles. The molecule has 6 nitrogen and oxygen atoms in total. The van der Waals surface area contributed by atoms with Gasteiger partial charge < -0.3 is 15.5 Å². The molecule has 0 aliphatic carbocycles. The molecule has 2 aromatic heterocycles. The normalized spacial score (nSPS) is 13.8. The number of halogens is 1. The smallest absolute Gasteiger partial charge is 0.223 e. The summed E-state index contributed by atoms with van der Waals surface area (Å²) in [7, 11) is 0. The van der Waals surface area contributed by atoms with E-state index in [1.54, 1.807) is 36.9 Å².